The number of ether oxygens (including phenoxy) is 1. The number of hydrogen-bond acceptors (Lipinski definition) is 3. The second kappa shape index (κ2) is 5.73. The van der Waals surface area contributed by atoms with Gasteiger partial charge in [0.05, 0.1) is 6.42 Å². The van der Waals surface area contributed by atoms with Crippen LogP contribution in [0.3, 0.4) is 0 Å². The SMILES string of the molecule is Cc1ccccc1OCC(=O)N1CC(CC(=O)O)C1. The number of carboxylic acid groups (broad SMARTS) is 1. The van der Waals surface area contributed by atoms with Crippen LogP contribution < -0.4 is 4.74 Å². The molecule has 1 aliphatic rings. The zero-order valence-corrected chi connectivity index (χ0v) is 10.8. The second-order valence-electron chi connectivity index (χ2n) is 4.82. The van der Waals surface area contributed by atoms with Crippen LogP contribution >= 0.6 is 0 Å². The molecule has 1 N–H and O–H groups in total. The number of amides is 1. The Kier molecular flexibility index (Phi) is 4.04. The maximum atomic E-state index is 11.8. The van der Waals surface area contributed by atoms with Gasteiger partial charge in [0.25, 0.3) is 5.91 Å². The predicted octanol–water partition coefficient (Wildman–Crippen LogP) is 1.31. The van der Waals surface area contributed by atoms with Gasteiger partial charge in [0.2, 0.25) is 0 Å². The fraction of sp³-hybridized carbons (Fsp3) is 0.429. The molecule has 5 heteroatoms. The highest BCUT2D eigenvalue weighted by molar-refractivity contribution is 5.79. The van der Waals surface area contributed by atoms with Crippen molar-refractivity contribution in [2.75, 3.05) is 19.7 Å². The number of aryl methyl sites for hydroxylation is 1. The summed E-state index contributed by atoms with van der Waals surface area (Å²) in [7, 11) is 0. The van der Waals surface area contributed by atoms with Gasteiger partial charge in [-0.05, 0) is 18.6 Å². The number of carboxylic acids is 1. The van der Waals surface area contributed by atoms with Crippen molar-refractivity contribution >= 4 is 11.9 Å². The first kappa shape index (κ1) is 13.4. The summed E-state index contributed by atoms with van der Waals surface area (Å²) in [6, 6.07) is 7.52. The third-order valence-electron chi connectivity index (χ3n) is 3.22. The number of carbonyl (C=O) groups is 2. The van der Waals surface area contributed by atoms with Gasteiger partial charge in [-0.15, -0.1) is 0 Å². The van der Waals surface area contributed by atoms with Crippen molar-refractivity contribution in [1.82, 2.24) is 4.90 Å². The van der Waals surface area contributed by atoms with E-state index in [1.807, 2.05) is 31.2 Å². The van der Waals surface area contributed by atoms with Crippen LogP contribution in [0.5, 0.6) is 5.75 Å². The molecule has 19 heavy (non-hydrogen) atoms. The van der Waals surface area contributed by atoms with Gasteiger partial charge in [0.1, 0.15) is 5.75 Å². The Morgan fingerprint density at radius 2 is 2.05 bits per heavy atom. The number of para-hydroxylation sites is 1. The van der Waals surface area contributed by atoms with Gasteiger partial charge in [-0.1, -0.05) is 18.2 Å². The Morgan fingerprint density at radius 1 is 1.37 bits per heavy atom. The lowest BCUT2D eigenvalue weighted by atomic mass is 9.96. The Balaban J connectivity index is 1.75. The van der Waals surface area contributed by atoms with Crippen LogP contribution in [0.25, 0.3) is 0 Å². The van der Waals surface area contributed by atoms with E-state index in [4.69, 9.17) is 9.84 Å². The minimum Gasteiger partial charge on any atom is -0.484 e. The smallest absolute Gasteiger partial charge is 0.303 e. The summed E-state index contributed by atoms with van der Waals surface area (Å²) in [5.41, 5.74) is 0.989. The number of likely N-dealkylation sites (tertiary alicyclic amines) is 1. The van der Waals surface area contributed by atoms with Crippen LogP contribution in [-0.2, 0) is 9.59 Å². The van der Waals surface area contributed by atoms with Gasteiger partial charge in [-0.25, -0.2) is 0 Å². The topological polar surface area (TPSA) is 66.8 Å². The first-order valence-corrected chi connectivity index (χ1v) is 6.24. The van der Waals surface area contributed by atoms with E-state index < -0.39 is 5.97 Å². The van der Waals surface area contributed by atoms with Crippen LogP contribution in [0.1, 0.15) is 12.0 Å². The highest BCUT2D eigenvalue weighted by Gasteiger charge is 2.32. The van der Waals surface area contributed by atoms with E-state index in [1.165, 1.54) is 0 Å². The number of benzene rings is 1. The summed E-state index contributed by atoms with van der Waals surface area (Å²) in [5, 5.41) is 8.63. The normalized spacial score (nSPS) is 14.9. The van der Waals surface area contributed by atoms with Crippen molar-refractivity contribution in [2.24, 2.45) is 5.92 Å². The van der Waals surface area contributed by atoms with E-state index in [-0.39, 0.29) is 24.9 Å². The van der Waals surface area contributed by atoms with Crippen LogP contribution in [0, 0.1) is 12.8 Å². The standard InChI is InChI=1S/C14H17NO4/c1-10-4-2-3-5-12(10)19-9-13(16)15-7-11(8-15)6-14(17)18/h2-5,11H,6-9H2,1H3,(H,17,18). The largest absolute Gasteiger partial charge is 0.484 e. The molecule has 2 rings (SSSR count). The fourth-order valence-corrected chi connectivity index (χ4v) is 2.10. The lowest BCUT2D eigenvalue weighted by molar-refractivity contribution is -0.146. The minimum atomic E-state index is -0.812. The Labute approximate surface area is 111 Å². The molecule has 0 radical (unpaired) electrons. The van der Waals surface area contributed by atoms with Crippen LogP contribution in [0.4, 0.5) is 0 Å². The minimum absolute atomic E-state index is 0.00461. The van der Waals surface area contributed by atoms with E-state index in [9.17, 15) is 9.59 Å². The lowest BCUT2D eigenvalue weighted by Crippen LogP contribution is -2.52. The van der Waals surface area contributed by atoms with Gasteiger partial charge < -0.3 is 14.7 Å². The summed E-state index contributed by atoms with van der Waals surface area (Å²) in [6.45, 7) is 2.96. The zero-order chi connectivity index (χ0) is 13.8. The molecule has 0 atom stereocenters. The molecule has 102 valence electrons. The van der Waals surface area contributed by atoms with Crippen molar-refractivity contribution in [3.63, 3.8) is 0 Å². The van der Waals surface area contributed by atoms with E-state index in [2.05, 4.69) is 0 Å². The van der Waals surface area contributed by atoms with Crippen LogP contribution in [0.2, 0.25) is 0 Å². The highest BCUT2D eigenvalue weighted by Crippen LogP contribution is 2.20. The van der Waals surface area contributed by atoms with Gasteiger partial charge in [0.15, 0.2) is 6.61 Å². The second-order valence-corrected chi connectivity index (χ2v) is 4.82. The molecule has 0 spiro atoms. The Morgan fingerprint density at radius 3 is 2.68 bits per heavy atom. The number of carbonyl (C=O) groups excluding carboxylic acids is 1. The molecule has 0 saturated carbocycles. The molecule has 1 fully saturated rings. The number of rotatable bonds is 5. The fourth-order valence-electron chi connectivity index (χ4n) is 2.10. The molecule has 0 bridgehead atoms. The molecule has 1 aromatic rings. The van der Waals surface area contributed by atoms with Crippen molar-refractivity contribution in [3.8, 4) is 5.75 Å². The van der Waals surface area contributed by atoms with Gasteiger partial charge >= 0.3 is 5.97 Å². The molecule has 1 heterocycles. The van der Waals surface area contributed by atoms with Crippen LogP contribution in [-0.4, -0.2) is 41.6 Å². The highest BCUT2D eigenvalue weighted by atomic mass is 16.5. The first-order chi connectivity index (χ1) is 9.06. The monoisotopic (exact) mass is 263 g/mol. The van der Waals surface area contributed by atoms with Gasteiger partial charge in [-0.2, -0.15) is 0 Å². The third-order valence-corrected chi connectivity index (χ3v) is 3.22. The molecule has 1 amide bonds. The molecule has 5 nitrogen and oxygen atoms in total. The van der Waals surface area contributed by atoms with Crippen LogP contribution in [0.15, 0.2) is 24.3 Å². The Bertz CT molecular complexity index is 480. The first-order valence-electron chi connectivity index (χ1n) is 6.24. The summed E-state index contributed by atoms with van der Waals surface area (Å²) in [5.74, 6) is -0.114. The molecule has 1 aromatic carbocycles. The number of aliphatic carboxylic acids is 1. The maximum Gasteiger partial charge on any atom is 0.303 e. The number of hydrogen-bond donors (Lipinski definition) is 1. The van der Waals surface area contributed by atoms with E-state index in [1.54, 1.807) is 4.90 Å². The van der Waals surface area contributed by atoms with Crippen molar-refractivity contribution in [1.29, 1.82) is 0 Å². The molecule has 0 aliphatic carbocycles. The maximum absolute atomic E-state index is 11.8. The number of nitrogens with zero attached hydrogens (tertiary/aromatic N) is 1. The molecule has 1 saturated heterocycles. The third kappa shape index (κ3) is 3.47. The molecule has 0 unspecified atom stereocenters. The zero-order valence-electron chi connectivity index (χ0n) is 10.8. The van der Waals surface area contributed by atoms with Crippen molar-refractivity contribution in [2.45, 2.75) is 13.3 Å². The molecular formula is C14H17NO4. The molecule has 0 aromatic heterocycles. The van der Waals surface area contributed by atoms with Gasteiger partial charge in [-0.3, -0.25) is 9.59 Å². The molecule has 1 aliphatic heterocycles. The van der Waals surface area contributed by atoms with Gasteiger partial charge in [0, 0.05) is 19.0 Å². The lowest BCUT2D eigenvalue weighted by Gasteiger charge is -2.38. The summed E-state index contributed by atoms with van der Waals surface area (Å²) < 4.78 is 5.46. The average molecular weight is 263 g/mol. The van der Waals surface area contributed by atoms with E-state index >= 15 is 0 Å². The van der Waals surface area contributed by atoms with E-state index in [0.29, 0.717) is 18.8 Å². The summed E-state index contributed by atoms with van der Waals surface area (Å²) in [6.07, 6.45) is 0.127. The van der Waals surface area contributed by atoms with E-state index in [0.717, 1.165) is 5.56 Å². The average Bonchev–Trinajstić information content (AvgIpc) is 2.31. The summed E-state index contributed by atoms with van der Waals surface area (Å²) in [4.78, 5) is 23.9. The van der Waals surface area contributed by atoms with Crippen molar-refractivity contribution in [3.05, 3.63) is 29.8 Å². The molecular weight excluding hydrogens is 246 g/mol. The van der Waals surface area contributed by atoms with Crippen molar-refractivity contribution < 1.29 is 19.4 Å². The quantitative estimate of drug-likeness (QED) is 0.869. The Hall–Kier alpha value is -2.04. The summed E-state index contributed by atoms with van der Waals surface area (Å²) >= 11 is 0. The predicted molar refractivity (Wildman–Crippen MR) is 69.0 cm³/mol.